The zero-order valence-corrected chi connectivity index (χ0v) is 24.4. The van der Waals surface area contributed by atoms with Crippen LogP contribution in [0.4, 0.5) is 10.1 Å². The maximum absolute atomic E-state index is 14.7. The summed E-state index contributed by atoms with van der Waals surface area (Å²) in [5.74, 6) is -0.312. The number of aromatic nitrogens is 6. The fourth-order valence-corrected chi connectivity index (χ4v) is 5.82. The van der Waals surface area contributed by atoms with Gasteiger partial charge in [-0.25, -0.2) is 9.37 Å². The molecule has 0 radical (unpaired) electrons. The lowest BCUT2D eigenvalue weighted by Crippen LogP contribution is -2.20. The number of benzene rings is 1. The fraction of sp³-hybridized carbons (Fsp3) is 0.273. The number of likely N-dealkylation sites (N-methyl/N-ethyl adjacent to an activating group) is 1. The molecule has 218 valence electrons. The zero-order chi connectivity index (χ0) is 29.3. The first-order valence-electron chi connectivity index (χ1n) is 14.7. The average Bonchev–Trinajstić information content (AvgIpc) is 3.76. The van der Waals surface area contributed by atoms with Gasteiger partial charge in [-0.15, -0.1) is 0 Å². The Morgan fingerprint density at radius 2 is 1.84 bits per heavy atom. The van der Waals surface area contributed by atoms with Crippen molar-refractivity contribution in [1.29, 1.82) is 0 Å². The third-order valence-corrected chi connectivity index (χ3v) is 7.97. The van der Waals surface area contributed by atoms with Crippen molar-refractivity contribution in [2.75, 3.05) is 45.6 Å². The van der Waals surface area contributed by atoms with Crippen molar-refractivity contribution in [2.24, 2.45) is 0 Å². The number of hydrogen-bond acceptors (Lipinski definition) is 7. The lowest BCUT2D eigenvalue weighted by molar-refractivity contribution is 0.331. The van der Waals surface area contributed by atoms with Crippen LogP contribution in [0.25, 0.3) is 55.8 Å². The first-order valence-corrected chi connectivity index (χ1v) is 14.7. The Morgan fingerprint density at radius 1 is 0.953 bits per heavy atom. The molecule has 1 fully saturated rings. The van der Waals surface area contributed by atoms with Crippen LogP contribution >= 0.6 is 0 Å². The molecule has 9 nitrogen and oxygen atoms in total. The van der Waals surface area contributed by atoms with Crippen LogP contribution in [0.3, 0.4) is 0 Å². The van der Waals surface area contributed by atoms with Crippen molar-refractivity contribution in [1.82, 2.24) is 39.9 Å². The number of nitrogens with one attached hydrogen (secondary N) is 3. The minimum atomic E-state index is -0.312. The van der Waals surface area contributed by atoms with E-state index in [0.717, 1.165) is 70.8 Å². The highest BCUT2D eigenvalue weighted by Gasteiger charge is 2.17. The van der Waals surface area contributed by atoms with Gasteiger partial charge in [-0.2, -0.15) is 5.10 Å². The Morgan fingerprint density at radius 3 is 2.70 bits per heavy atom. The van der Waals surface area contributed by atoms with Crippen LogP contribution in [-0.4, -0.2) is 80.2 Å². The summed E-state index contributed by atoms with van der Waals surface area (Å²) >= 11 is 0. The first kappa shape index (κ1) is 27.2. The molecule has 6 heterocycles. The average molecular weight is 576 g/mol. The quantitative estimate of drug-likeness (QED) is 0.196. The van der Waals surface area contributed by atoms with Crippen molar-refractivity contribution in [2.45, 2.75) is 19.4 Å². The van der Waals surface area contributed by atoms with E-state index in [-0.39, 0.29) is 5.82 Å². The smallest absolute Gasteiger partial charge is 0.135 e. The molecule has 0 bridgehead atoms. The Balaban J connectivity index is 1.22. The van der Waals surface area contributed by atoms with Crippen LogP contribution in [0.15, 0.2) is 67.1 Å². The van der Waals surface area contributed by atoms with Crippen molar-refractivity contribution in [3.05, 3.63) is 78.5 Å². The number of halogens is 1. The molecule has 1 aliphatic rings. The van der Waals surface area contributed by atoms with E-state index in [1.54, 1.807) is 6.20 Å². The summed E-state index contributed by atoms with van der Waals surface area (Å²) in [6.45, 7) is 4.74. The van der Waals surface area contributed by atoms with Crippen molar-refractivity contribution in [3.63, 3.8) is 0 Å². The number of nitrogens with zero attached hydrogens (tertiary/aromatic N) is 6. The van der Waals surface area contributed by atoms with Gasteiger partial charge in [0.1, 0.15) is 17.0 Å². The number of rotatable bonds is 9. The largest absolute Gasteiger partial charge is 0.384 e. The summed E-state index contributed by atoms with van der Waals surface area (Å²) in [5.41, 5.74) is 9.16. The normalized spacial score (nSPS) is 14.0. The number of hydrogen-bond donors (Lipinski definition) is 3. The van der Waals surface area contributed by atoms with E-state index in [0.29, 0.717) is 23.5 Å². The Hall–Kier alpha value is -4.67. The molecule has 7 rings (SSSR count). The molecule has 0 saturated carbocycles. The summed E-state index contributed by atoms with van der Waals surface area (Å²) in [5, 5.41) is 12.0. The number of likely N-dealkylation sites (tertiary alicyclic amines) is 1. The van der Waals surface area contributed by atoms with Crippen LogP contribution in [0, 0.1) is 5.82 Å². The first-order chi connectivity index (χ1) is 21.0. The Bertz CT molecular complexity index is 1900. The molecule has 0 unspecified atom stereocenters. The lowest BCUT2D eigenvalue weighted by Gasteiger charge is -2.14. The number of anilines is 1. The molecule has 5 aromatic heterocycles. The maximum atomic E-state index is 14.7. The third kappa shape index (κ3) is 5.71. The van der Waals surface area contributed by atoms with Gasteiger partial charge in [0.2, 0.25) is 0 Å². The van der Waals surface area contributed by atoms with Gasteiger partial charge in [-0.1, -0.05) is 0 Å². The van der Waals surface area contributed by atoms with Crippen LogP contribution in [0.1, 0.15) is 18.4 Å². The van der Waals surface area contributed by atoms with Crippen LogP contribution in [0.5, 0.6) is 0 Å². The van der Waals surface area contributed by atoms with E-state index in [2.05, 4.69) is 46.3 Å². The molecule has 43 heavy (non-hydrogen) atoms. The van der Waals surface area contributed by atoms with Crippen LogP contribution < -0.4 is 5.32 Å². The molecular formula is C33H34FN9. The summed E-state index contributed by atoms with van der Waals surface area (Å²) in [7, 11) is 4.02. The molecule has 6 aromatic rings. The predicted molar refractivity (Wildman–Crippen MR) is 169 cm³/mol. The minimum absolute atomic E-state index is 0.312. The van der Waals surface area contributed by atoms with Crippen LogP contribution in [0.2, 0.25) is 0 Å². The monoisotopic (exact) mass is 575 g/mol. The van der Waals surface area contributed by atoms with Gasteiger partial charge in [-0.05, 0) is 94.1 Å². The summed E-state index contributed by atoms with van der Waals surface area (Å²) in [6, 6.07) is 15.1. The molecule has 0 atom stereocenters. The van der Waals surface area contributed by atoms with E-state index in [4.69, 9.17) is 4.98 Å². The van der Waals surface area contributed by atoms with Crippen molar-refractivity contribution >= 4 is 27.6 Å². The van der Waals surface area contributed by atoms with Gasteiger partial charge in [0.05, 0.1) is 22.6 Å². The third-order valence-electron chi connectivity index (χ3n) is 7.97. The summed E-state index contributed by atoms with van der Waals surface area (Å²) < 4.78 is 14.7. The van der Waals surface area contributed by atoms with E-state index in [1.807, 2.05) is 56.8 Å². The minimum Gasteiger partial charge on any atom is -0.384 e. The molecule has 0 aliphatic carbocycles. The lowest BCUT2D eigenvalue weighted by atomic mass is 10.1. The van der Waals surface area contributed by atoms with Gasteiger partial charge in [0, 0.05) is 65.9 Å². The number of fused-ring (bicyclic) bond motifs is 2. The van der Waals surface area contributed by atoms with Gasteiger partial charge >= 0.3 is 0 Å². The van der Waals surface area contributed by atoms with Gasteiger partial charge in [0.15, 0.2) is 0 Å². The molecular weight excluding hydrogens is 541 g/mol. The number of aromatic amines is 2. The second-order valence-electron chi connectivity index (χ2n) is 11.5. The van der Waals surface area contributed by atoms with E-state index < -0.39 is 0 Å². The SMILES string of the molecule is CN(C)CCNc1cc(F)cc(-c2nccc3[nH]c(-c4n[nH]c5ccc(-c6cncc(CN7CCCC7)c6)nc45)cc23)c1. The molecule has 3 N–H and O–H groups in total. The topological polar surface area (TPSA) is 102 Å². The second kappa shape index (κ2) is 11.5. The highest BCUT2D eigenvalue weighted by Crippen LogP contribution is 2.34. The molecule has 1 aliphatic heterocycles. The highest BCUT2D eigenvalue weighted by molar-refractivity contribution is 5.99. The maximum Gasteiger partial charge on any atom is 0.135 e. The van der Waals surface area contributed by atoms with Crippen molar-refractivity contribution in [3.8, 4) is 33.9 Å². The molecule has 0 amide bonds. The number of pyridine rings is 3. The molecule has 1 aromatic carbocycles. The summed E-state index contributed by atoms with van der Waals surface area (Å²) in [4.78, 5) is 22.2. The fourth-order valence-electron chi connectivity index (χ4n) is 5.82. The van der Waals surface area contributed by atoms with Crippen LogP contribution in [-0.2, 0) is 6.54 Å². The molecule has 10 heteroatoms. The zero-order valence-electron chi connectivity index (χ0n) is 24.4. The van der Waals surface area contributed by atoms with E-state index in [1.165, 1.54) is 30.5 Å². The van der Waals surface area contributed by atoms with E-state index in [9.17, 15) is 4.39 Å². The van der Waals surface area contributed by atoms with Gasteiger partial charge in [0.25, 0.3) is 0 Å². The summed E-state index contributed by atoms with van der Waals surface area (Å²) in [6.07, 6.45) is 8.07. The standard InChI is InChI=1S/C33H34FN9/c1-42(2)12-9-36-25-15-22(14-24(34)16-25)31-26-17-30(38-28(26)7-8-37-31)33-32-29(40-41-33)6-5-27(39-32)23-13-21(18-35-19-23)20-43-10-3-4-11-43/h5-8,13-19,36,38H,3-4,9-12,20H2,1-2H3,(H,40,41). The molecule has 1 saturated heterocycles. The van der Waals surface area contributed by atoms with E-state index >= 15 is 0 Å². The van der Waals surface area contributed by atoms with Gasteiger partial charge in [-0.3, -0.25) is 20.0 Å². The Labute approximate surface area is 249 Å². The second-order valence-corrected chi connectivity index (χ2v) is 11.5. The van der Waals surface area contributed by atoms with Crippen molar-refractivity contribution < 1.29 is 4.39 Å². The molecule has 0 spiro atoms. The highest BCUT2D eigenvalue weighted by atomic mass is 19.1. The Kier molecular flexibility index (Phi) is 7.30. The number of H-pyrrole nitrogens is 2. The predicted octanol–water partition coefficient (Wildman–Crippen LogP) is 5.94. The van der Waals surface area contributed by atoms with Gasteiger partial charge < -0.3 is 15.2 Å².